The van der Waals surface area contributed by atoms with Crippen LogP contribution in [0.15, 0.2) is 24.3 Å². The van der Waals surface area contributed by atoms with Crippen LogP contribution in [0.4, 0.5) is 0 Å². The van der Waals surface area contributed by atoms with Crippen molar-refractivity contribution in [1.82, 2.24) is 0 Å². The summed E-state index contributed by atoms with van der Waals surface area (Å²) < 4.78 is 5.72. The van der Waals surface area contributed by atoms with E-state index in [0.717, 1.165) is 24.3 Å². The van der Waals surface area contributed by atoms with Gasteiger partial charge in [-0.15, -0.1) is 0 Å². The number of ether oxygens (including phenoxy) is 1. The van der Waals surface area contributed by atoms with Crippen molar-refractivity contribution in [1.29, 1.82) is 0 Å². The van der Waals surface area contributed by atoms with E-state index in [2.05, 4.69) is 7.05 Å². The van der Waals surface area contributed by atoms with Gasteiger partial charge in [0.1, 0.15) is 31.9 Å². The Hall–Kier alpha value is -1.39. The molecule has 1 aromatic rings. The zero-order chi connectivity index (χ0) is 14.4. The molecule has 20 heavy (non-hydrogen) atoms. The number of carbonyl (C=O) groups is 1. The average Bonchev–Trinajstić information content (AvgIpc) is 2.46. The van der Waals surface area contributed by atoms with E-state index < -0.39 is 0 Å². The van der Waals surface area contributed by atoms with E-state index in [0.29, 0.717) is 0 Å². The molecule has 0 unspecified atom stereocenters. The van der Waals surface area contributed by atoms with Crippen molar-refractivity contribution >= 4 is 5.78 Å². The minimum Gasteiger partial charge on any atom is -0.493 e. The largest absolute Gasteiger partial charge is 0.493 e. The molecule has 1 fully saturated rings. The molecule has 1 heterocycles. The first-order valence-corrected chi connectivity index (χ1v) is 7.54. The number of benzene rings is 1. The first kappa shape index (κ1) is 15.0. The van der Waals surface area contributed by atoms with Gasteiger partial charge in [-0.25, -0.2) is 0 Å². The SMILES string of the molecule is CC(=O)c1ccc(OCCC[NH+]2CC[NH+](C)CC2)cc1. The van der Waals surface area contributed by atoms with Gasteiger partial charge in [0.2, 0.25) is 0 Å². The first-order valence-electron chi connectivity index (χ1n) is 7.54. The molecule has 0 aliphatic carbocycles. The van der Waals surface area contributed by atoms with Crippen LogP contribution in [0.3, 0.4) is 0 Å². The normalized spacial score (nSPS) is 22.5. The van der Waals surface area contributed by atoms with Gasteiger partial charge in [0.15, 0.2) is 5.78 Å². The second kappa shape index (κ2) is 7.41. The van der Waals surface area contributed by atoms with Crippen molar-refractivity contribution in [2.24, 2.45) is 0 Å². The highest BCUT2D eigenvalue weighted by molar-refractivity contribution is 5.94. The van der Waals surface area contributed by atoms with Gasteiger partial charge >= 0.3 is 0 Å². The lowest BCUT2D eigenvalue weighted by molar-refractivity contribution is -1.00. The predicted octanol–water partition coefficient (Wildman–Crippen LogP) is -0.929. The number of nitrogens with one attached hydrogen (secondary N) is 2. The summed E-state index contributed by atoms with van der Waals surface area (Å²) in [5.41, 5.74) is 0.738. The van der Waals surface area contributed by atoms with Crippen molar-refractivity contribution in [3.05, 3.63) is 29.8 Å². The molecule has 0 spiro atoms. The van der Waals surface area contributed by atoms with Crippen molar-refractivity contribution in [2.45, 2.75) is 13.3 Å². The quantitative estimate of drug-likeness (QED) is 0.521. The Morgan fingerprint density at radius 1 is 1.15 bits per heavy atom. The van der Waals surface area contributed by atoms with Crippen LogP contribution in [0, 0.1) is 0 Å². The zero-order valence-electron chi connectivity index (χ0n) is 12.6. The maximum absolute atomic E-state index is 11.2. The van der Waals surface area contributed by atoms with Gasteiger partial charge in [-0.2, -0.15) is 0 Å². The minimum atomic E-state index is 0.0948. The summed E-state index contributed by atoms with van der Waals surface area (Å²) in [4.78, 5) is 14.5. The van der Waals surface area contributed by atoms with Gasteiger partial charge in [-0.3, -0.25) is 4.79 Å². The molecule has 0 aromatic heterocycles. The van der Waals surface area contributed by atoms with Crippen molar-refractivity contribution in [3.8, 4) is 5.75 Å². The summed E-state index contributed by atoms with van der Waals surface area (Å²) in [5.74, 6) is 0.949. The van der Waals surface area contributed by atoms with Crippen LogP contribution < -0.4 is 14.5 Å². The molecular weight excluding hydrogens is 252 g/mol. The van der Waals surface area contributed by atoms with Gasteiger partial charge in [-0.05, 0) is 31.2 Å². The number of hydrogen-bond donors (Lipinski definition) is 2. The summed E-state index contributed by atoms with van der Waals surface area (Å²) in [6, 6.07) is 7.41. The van der Waals surface area contributed by atoms with Crippen LogP contribution in [-0.4, -0.2) is 52.2 Å². The fraction of sp³-hybridized carbons (Fsp3) is 0.562. The lowest BCUT2D eigenvalue weighted by atomic mass is 10.1. The third-order valence-corrected chi connectivity index (χ3v) is 4.01. The Kier molecular flexibility index (Phi) is 5.56. The molecule has 4 nitrogen and oxygen atoms in total. The van der Waals surface area contributed by atoms with Crippen LogP contribution in [0.5, 0.6) is 5.75 Å². The van der Waals surface area contributed by atoms with Crippen LogP contribution in [0.25, 0.3) is 0 Å². The summed E-state index contributed by atoms with van der Waals surface area (Å²) >= 11 is 0. The Labute approximate surface area is 121 Å². The lowest BCUT2D eigenvalue weighted by Crippen LogP contribution is -3.27. The molecule has 1 aliphatic heterocycles. The standard InChI is InChI=1S/C16H24N2O2/c1-14(19)15-4-6-16(7-5-15)20-13-3-8-18-11-9-17(2)10-12-18/h4-7H,3,8-13H2,1-2H3/p+2. The summed E-state index contributed by atoms with van der Waals surface area (Å²) in [6.07, 6.45) is 1.09. The monoisotopic (exact) mass is 278 g/mol. The van der Waals surface area contributed by atoms with E-state index in [1.807, 2.05) is 24.3 Å². The summed E-state index contributed by atoms with van der Waals surface area (Å²) in [7, 11) is 2.27. The van der Waals surface area contributed by atoms with Crippen LogP contribution >= 0.6 is 0 Å². The molecule has 1 aliphatic rings. The fourth-order valence-corrected chi connectivity index (χ4v) is 2.58. The van der Waals surface area contributed by atoms with E-state index in [9.17, 15) is 4.79 Å². The van der Waals surface area contributed by atoms with Crippen LogP contribution in [-0.2, 0) is 0 Å². The molecule has 0 bridgehead atoms. The topological polar surface area (TPSA) is 35.2 Å². The Morgan fingerprint density at radius 2 is 1.80 bits per heavy atom. The zero-order valence-corrected chi connectivity index (χ0v) is 12.6. The number of hydrogen-bond acceptors (Lipinski definition) is 2. The van der Waals surface area contributed by atoms with Crippen molar-refractivity contribution in [2.75, 3.05) is 46.4 Å². The number of likely N-dealkylation sites (N-methyl/N-ethyl adjacent to an activating group) is 1. The molecular formula is C16H26N2O2+2. The predicted molar refractivity (Wildman–Crippen MR) is 78.7 cm³/mol. The highest BCUT2D eigenvalue weighted by Gasteiger charge is 2.18. The Bertz CT molecular complexity index is 423. The van der Waals surface area contributed by atoms with E-state index in [4.69, 9.17) is 4.74 Å². The van der Waals surface area contributed by atoms with Gasteiger partial charge in [0.25, 0.3) is 0 Å². The molecule has 110 valence electrons. The Morgan fingerprint density at radius 3 is 2.40 bits per heavy atom. The van der Waals surface area contributed by atoms with Gasteiger partial charge in [0, 0.05) is 12.0 Å². The fourth-order valence-electron chi connectivity index (χ4n) is 2.58. The molecule has 0 radical (unpaired) electrons. The molecule has 1 aromatic carbocycles. The highest BCUT2D eigenvalue weighted by Crippen LogP contribution is 2.12. The van der Waals surface area contributed by atoms with Crippen molar-refractivity contribution < 1.29 is 19.3 Å². The van der Waals surface area contributed by atoms with E-state index in [-0.39, 0.29) is 5.78 Å². The number of Topliss-reactive ketones (excluding diaryl/α,β-unsaturated/α-hetero) is 1. The maximum Gasteiger partial charge on any atom is 0.159 e. The minimum absolute atomic E-state index is 0.0948. The number of ketones is 1. The maximum atomic E-state index is 11.2. The third kappa shape index (κ3) is 4.62. The summed E-state index contributed by atoms with van der Waals surface area (Å²) in [5, 5.41) is 0. The number of rotatable bonds is 6. The van der Waals surface area contributed by atoms with Gasteiger partial charge < -0.3 is 14.5 Å². The molecule has 4 heteroatoms. The van der Waals surface area contributed by atoms with Gasteiger partial charge in [-0.1, -0.05) is 0 Å². The van der Waals surface area contributed by atoms with Crippen molar-refractivity contribution in [3.63, 3.8) is 0 Å². The number of piperazine rings is 1. The van der Waals surface area contributed by atoms with Crippen LogP contribution in [0.2, 0.25) is 0 Å². The van der Waals surface area contributed by atoms with Crippen LogP contribution in [0.1, 0.15) is 23.7 Å². The third-order valence-electron chi connectivity index (χ3n) is 4.01. The molecule has 1 saturated heterocycles. The second-order valence-electron chi connectivity index (χ2n) is 5.74. The lowest BCUT2D eigenvalue weighted by Gasteiger charge is -2.27. The first-order chi connectivity index (χ1) is 9.65. The highest BCUT2D eigenvalue weighted by atomic mass is 16.5. The number of carbonyl (C=O) groups excluding carboxylic acids is 1. The molecule has 0 saturated carbocycles. The molecule has 2 rings (SSSR count). The summed E-state index contributed by atoms with van der Waals surface area (Å²) in [6.45, 7) is 8.64. The van der Waals surface area contributed by atoms with E-state index in [1.54, 1.807) is 16.7 Å². The molecule has 2 N–H and O–H groups in total. The Balaban J connectivity index is 1.64. The van der Waals surface area contributed by atoms with Gasteiger partial charge in [0.05, 0.1) is 20.2 Å². The number of quaternary nitrogens is 2. The average molecular weight is 278 g/mol. The molecule has 0 atom stereocenters. The molecule has 0 amide bonds. The van der Waals surface area contributed by atoms with E-state index >= 15 is 0 Å². The van der Waals surface area contributed by atoms with E-state index in [1.165, 1.54) is 32.7 Å². The smallest absolute Gasteiger partial charge is 0.159 e. The second-order valence-corrected chi connectivity index (χ2v) is 5.74.